The van der Waals surface area contributed by atoms with Crippen LogP contribution in [0.5, 0.6) is 5.75 Å². The monoisotopic (exact) mass is 288 g/mol. The number of hydrogen-bond acceptors (Lipinski definition) is 3. The molecule has 0 aromatic heterocycles. The van der Waals surface area contributed by atoms with Crippen molar-refractivity contribution >= 4 is 5.69 Å². The SMILES string of the molecule is COc1cccc(CN(CCCN)c2cccc(F)c2)c1. The van der Waals surface area contributed by atoms with Gasteiger partial charge in [-0.15, -0.1) is 0 Å². The van der Waals surface area contributed by atoms with Gasteiger partial charge in [-0.25, -0.2) is 4.39 Å². The summed E-state index contributed by atoms with van der Waals surface area (Å²) >= 11 is 0. The third kappa shape index (κ3) is 4.46. The van der Waals surface area contributed by atoms with Crippen LogP contribution in [0.3, 0.4) is 0 Å². The second kappa shape index (κ2) is 7.64. The van der Waals surface area contributed by atoms with Crippen molar-refractivity contribution in [1.82, 2.24) is 0 Å². The van der Waals surface area contributed by atoms with Crippen LogP contribution in [0.2, 0.25) is 0 Å². The highest BCUT2D eigenvalue weighted by Crippen LogP contribution is 2.20. The number of benzene rings is 2. The van der Waals surface area contributed by atoms with Gasteiger partial charge in [0.25, 0.3) is 0 Å². The van der Waals surface area contributed by atoms with Gasteiger partial charge in [0.15, 0.2) is 0 Å². The Bertz CT molecular complexity index is 574. The van der Waals surface area contributed by atoms with Crippen LogP contribution < -0.4 is 15.4 Å². The molecule has 4 heteroatoms. The summed E-state index contributed by atoms with van der Waals surface area (Å²) in [6.07, 6.45) is 0.862. The van der Waals surface area contributed by atoms with Gasteiger partial charge in [-0.05, 0) is 48.9 Å². The van der Waals surface area contributed by atoms with E-state index in [-0.39, 0.29) is 5.82 Å². The zero-order valence-electron chi connectivity index (χ0n) is 12.3. The second-order valence-corrected chi connectivity index (χ2v) is 4.90. The van der Waals surface area contributed by atoms with E-state index in [0.717, 1.165) is 30.0 Å². The highest BCUT2D eigenvalue weighted by Gasteiger charge is 2.08. The molecule has 0 fully saturated rings. The van der Waals surface area contributed by atoms with Crippen LogP contribution in [0.15, 0.2) is 48.5 Å². The van der Waals surface area contributed by atoms with Crippen molar-refractivity contribution in [2.24, 2.45) is 5.73 Å². The van der Waals surface area contributed by atoms with E-state index in [9.17, 15) is 4.39 Å². The van der Waals surface area contributed by atoms with Gasteiger partial charge in [0.1, 0.15) is 11.6 Å². The lowest BCUT2D eigenvalue weighted by Gasteiger charge is -2.25. The lowest BCUT2D eigenvalue weighted by Crippen LogP contribution is -2.25. The molecule has 0 radical (unpaired) electrons. The third-order valence-electron chi connectivity index (χ3n) is 3.31. The van der Waals surface area contributed by atoms with Gasteiger partial charge in [0, 0.05) is 18.8 Å². The number of anilines is 1. The molecule has 2 aromatic carbocycles. The minimum absolute atomic E-state index is 0.226. The number of nitrogens with two attached hydrogens (primary N) is 1. The summed E-state index contributed by atoms with van der Waals surface area (Å²) in [5, 5.41) is 0. The fourth-order valence-corrected chi connectivity index (χ4v) is 2.25. The van der Waals surface area contributed by atoms with E-state index in [0.29, 0.717) is 13.1 Å². The molecule has 3 nitrogen and oxygen atoms in total. The topological polar surface area (TPSA) is 38.5 Å². The summed E-state index contributed by atoms with van der Waals surface area (Å²) < 4.78 is 18.7. The first-order valence-electron chi connectivity index (χ1n) is 7.06. The molecule has 21 heavy (non-hydrogen) atoms. The first-order valence-corrected chi connectivity index (χ1v) is 7.06. The quantitative estimate of drug-likeness (QED) is 0.850. The maximum absolute atomic E-state index is 13.4. The number of methoxy groups -OCH3 is 1. The van der Waals surface area contributed by atoms with Crippen LogP contribution in [0.25, 0.3) is 0 Å². The van der Waals surface area contributed by atoms with Gasteiger partial charge >= 0.3 is 0 Å². The van der Waals surface area contributed by atoms with Crippen LogP contribution in [-0.2, 0) is 6.54 Å². The Balaban J connectivity index is 2.19. The highest BCUT2D eigenvalue weighted by molar-refractivity contribution is 5.47. The van der Waals surface area contributed by atoms with Gasteiger partial charge in [0.05, 0.1) is 7.11 Å². The fourth-order valence-electron chi connectivity index (χ4n) is 2.25. The van der Waals surface area contributed by atoms with Crippen LogP contribution >= 0.6 is 0 Å². The predicted octanol–water partition coefficient (Wildman–Crippen LogP) is 3.19. The molecule has 0 aliphatic heterocycles. The van der Waals surface area contributed by atoms with Crippen molar-refractivity contribution in [3.05, 3.63) is 59.9 Å². The molecule has 0 heterocycles. The molecule has 0 bridgehead atoms. The van der Waals surface area contributed by atoms with Crippen LogP contribution in [0.4, 0.5) is 10.1 Å². The molecule has 0 saturated heterocycles. The summed E-state index contributed by atoms with van der Waals surface area (Å²) in [6, 6.07) is 14.6. The Kier molecular flexibility index (Phi) is 5.58. The number of nitrogens with zero attached hydrogens (tertiary/aromatic N) is 1. The summed E-state index contributed by atoms with van der Waals surface area (Å²) in [5.74, 6) is 0.599. The minimum atomic E-state index is -0.226. The van der Waals surface area contributed by atoms with Gasteiger partial charge in [0.2, 0.25) is 0 Å². The maximum Gasteiger partial charge on any atom is 0.125 e. The van der Waals surface area contributed by atoms with Gasteiger partial charge < -0.3 is 15.4 Å². The second-order valence-electron chi connectivity index (χ2n) is 4.90. The molecule has 0 aliphatic carbocycles. The van der Waals surface area contributed by atoms with Gasteiger partial charge in [-0.1, -0.05) is 18.2 Å². The van der Waals surface area contributed by atoms with Crippen molar-refractivity contribution < 1.29 is 9.13 Å². The lowest BCUT2D eigenvalue weighted by atomic mass is 10.1. The van der Waals surface area contributed by atoms with Gasteiger partial charge in [-0.2, -0.15) is 0 Å². The Morgan fingerprint density at radius 2 is 1.95 bits per heavy atom. The first kappa shape index (κ1) is 15.3. The van der Waals surface area contributed by atoms with E-state index in [1.165, 1.54) is 6.07 Å². The Morgan fingerprint density at radius 1 is 1.14 bits per heavy atom. The first-order chi connectivity index (χ1) is 10.2. The number of halogens is 1. The maximum atomic E-state index is 13.4. The van der Waals surface area contributed by atoms with E-state index in [2.05, 4.69) is 4.90 Å². The molecule has 0 spiro atoms. The molecule has 0 aliphatic rings. The molecule has 2 N–H and O–H groups in total. The zero-order chi connectivity index (χ0) is 15.1. The van der Waals surface area contributed by atoms with E-state index >= 15 is 0 Å². The smallest absolute Gasteiger partial charge is 0.125 e. The van der Waals surface area contributed by atoms with E-state index in [1.54, 1.807) is 19.2 Å². The standard InChI is InChI=1S/C17H21FN2O/c1-21-17-8-2-5-14(11-17)13-20(10-4-9-19)16-7-3-6-15(18)12-16/h2-3,5-8,11-12H,4,9-10,13,19H2,1H3. The number of rotatable bonds is 7. The lowest BCUT2D eigenvalue weighted by molar-refractivity contribution is 0.414. The van der Waals surface area contributed by atoms with Gasteiger partial charge in [-0.3, -0.25) is 0 Å². The average molecular weight is 288 g/mol. The third-order valence-corrected chi connectivity index (χ3v) is 3.31. The summed E-state index contributed by atoms with van der Waals surface area (Å²) in [4.78, 5) is 2.13. The Morgan fingerprint density at radius 3 is 2.67 bits per heavy atom. The van der Waals surface area contributed by atoms with Crippen LogP contribution in [0, 0.1) is 5.82 Å². The normalized spacial score (nSPS) is 10.4. The van der Waals surface area contributed by atoms with E-state index in [4.69, 9.17) is 10.5 Å². The molecular weight excluding hydrogens is 267 g/mol. The summed E-state index contributed by atoms with van der Waals surface area (Å²) in [7, 11) is 1.65. The molecular formula is C17H21FN2O. The number of ether oxygens (including phenoxy) is 1. The molecule has 2 aromatic rings. The molecule has 112 valence electrons. The summed E-state index contributed by atoms with van der Waals surface area (Å²) in [6.45, 7) is 2.10. The molecule has 0 amide bonds. The molecule has 2 rings (SSSR count). The van der Waals surface area contributed by atoms with Crippen molar-refractivity contribution in [2.75, 3.05) is 25.1 Å². The largest absolute Gasteiger partial charge is 0.497 e. The van der Waals surface area contributed by atoms with Crippen molar-refractivity contribution in [2.45, 2.75) is 13.0 Å². The highest BCUT2D eigenvalue weighted by atomic mass is 19.1. The van der Waals surface area contributed by atoms with Crippen LogP contribution in [0.1, 0.15) is 12.0 Å². The fraction of sp³-hybridized carbons (Fsp3) is 0.294. The number of hydrogen-bond donors (Lipinski definition) is 1. The van der Waals surface area contributed by atoms with Crippen LogP contribution in [-0.4, -0.2) is 20.2 Å². The Hall–Kier alpha value is -2.07. The van der Waals surface area contributed by atoms with E-state index < -0.39 is 0 Å². The molecule has 0 atom stereocenters. The van der Waals surface area contributed by atoms with Crippen molar-refractivity contribution in [3.63, 3.8) is 0 Å². The molecule has 0 saturated carbocycles. The predicted molar refractivity (Wildman–Crippen MR) is 84.1 cm³/mol. The minimum Gasteiger partial charge on any atom is -0.497 e. The molecule has 0 unspecified atom stereocenters. The summed E-state index contributed by atoms with van der Waals surface area (Å²) in [5.41, 5.74) is 7.59. The Labute approximate surface area is 125 Å². The van der Waals surface area contributed by atoms with E-state index in [1.807, 2.05) is 30.3 Å². The van der Waals surface area contributed by atoms with Crippen molar-refractivity contribution in [3.8, 4) is 5.75 Å². The zero-order valence-corrected chi connectivity index (χ0v) is 12.3. The average Bonchev–Trinajstić information content (AvgIpc) is 2.51. The van der Waals surface area contributed by atoms with Crippen molar-refractivity contribution in [1.29, 1.82) is 0 Å².